The van der Waals surface area contributed by atoms with E-state index in [9.17, 15) is 4.57 Å². The molecule has 4 atom stereocenters. The van der Waals surface area contributed by atoms with Crippen LogP contribution in [0.25, 0.3) is 0 Å². The zero-order chi connectivity index (χ0) is 6.65. The van der Waals surface area contributed by atoms with Gasteiger partial charge in [-0.05, 0) is 6.66 Å². The van der Waals surface area contributed by atoms with Gasteiger partial charge in [0.2, 0.25) is 0 Å². The molecule has 0 N–H and O–H groups in total. The van der Waals surface area contributed by atoms with Gasteiger partial charge >= 0.3 is 0 Å². The second kappa shape index (κ2) is 1.43. The summed E-state index contributed by atoms with van der Waals surface area (Å²) in [6, 6.07) is 0. The molecule has 2 rings (SSSR count). The Morgan fingerprint density at radius 1 is 1.67 bits per heavy atom. The molecule has 52 valence electrons. The maximum Gasteiger partial charge on any atom is 0.0940 e. The molecule has 3 heteroatoms. The third kappa shape index (κ3) is 0.699. The van der Waals surface area contributed by atoms with Crippen LogP contribution < -0.4 is 0 Å². The molecule has 2 aliphatic heterocycles. The minimum absolute atomic E-state index is 0.336. The van der Waals surface area contributed by atoms with Crippen LogP contribution in [0.1, 0.15) is 6.92 Å². The van der Waals surface area contributed by atoms with Gasteiger partial charge in [0.1, 0.15) is 0 Å². The molecule has 0 aromatic heterocycles. The molecule has 2 fully saturated rings. The lowest BCUT2D eigenvalue weighted by atomic mass is 10.3. The van der Waals surface area contributed by atoms with E-state index in [1.165, 1.54) is 0 Å². The van der Waals surface area contributed by atoms with E-state index in [1.807, 2.05) is 13.6 Å². The largest absolute Gasteiger partial charge is 0.368 e. The molecular weight excluding hydrogens is 135 g/mol. The van der Waals surface area contributed by atoms with Crippen LogP contribution in [0.15, 0.2) is 0 Å². The first kappa shape index (κ1) is 5.94. The highest BCUT2D eigenvalue weighted by atomic mass is 31.2. The lowest BCUT2D eigenvalue weighted by Gasteiger charge is -2.12. The van der Waals surface area contributed by atoms with Gasteiger partial charge in [-0.15, -0.1) is 0 Å². The molecule has 2 nitrogen and oxygen atoms in total. The molecule has 2 aliphatic rings. The molecule has 2 saturated heterocycles. The number of ether oxygens (including phenoxy) is 1. The highest BCUT2D eigenvalue weighted by Gasteiger charge is 2.57. The van der Waals surface area contributed by atoms with Crippen LogP contribution in [0.5, 0.6) is 0 Å². The van der Waals surface area contributed by atoms with Crippen LogP contribution in [0.3, 0.4) is 0 Å². The predicted octanol–water partition coefficient (Wildman–Crippen LogP) is 1.15. The summed E-state index contributed by atoms with van der Waals surface area (Å²) in [7, 11) is -1.77. The second-order valence-electron chi connectivity index (χ2n) is 3.24. The normalized spacial score (nSPS) is 63.6. The first-order valence-corrected chi connectivity index (χ1v) is 5.74. The van der Waals surface area contributed by atoms with Gasteiger partial charge in [0.25, 0.3) is 0 Å². The lowest BCUT2D eigenvalue weighted by Crippen LogP contribution is -2.05. The summed E-state index contributed by atoms with van der Waals surface area (Å²) in [5.41, 5.74) is 0.336. The minimum Gasteiger partial charge on any atom is -0.368 e. The van der Waals surface area contributed by atoms with Gasteiger partial charge in [-0.25, -0.2) is 0 Å². The Labute approximate surface area is 55.0 Å². The molecule has 0 unspecified atom stereocenters. The topological polar surface area (TPSA) is 29.6 Å². The van der Waals surface area contributed by atoms with Crippen molar-refractivity contribution in [2.45, 2.75) is 24.8 Å². The van der Waals surface area contributed by atoms with Crippen LogP contribution in [0.2, 0.25) is 0 Å². The zero-order valence-electron chi connectivity index (χ0n) is 5.70. The minimum atomic E-state index is -1.77. The smallest absolute Gasteiger partial charge is 0.0940 e. The van der Waals surface area contributed by atoms with Crippen LogP contribution in [-0.2, 0) is 9.30 Å². The van der Waals surface area contributed by atoms with Crippen molar-refractivity contribution in [1.29, 1.82) is 0 Å². The van der Waals surface area contributed by atoms with Crippen molar-refractivity contribution in [3.8, 4) is 0 Å². The molecule has 0 aromatic carbocycles. The molecule has 0 amide bonds. The van der Waals surface area contributed by atoms with Crippen molar-refractivity contribution in [2.24, 2.45) is 0 Å². The average Bonchev–Trinajstić information content (AvgIpc) is 2.39. The fraction of sp³-hybridized carbons (Fsp3) is 1.00. The summed E-state index contributed by atoms with van der Waals surface area (Å²) in [4.78, 5) is 0. The summed E-state index contributed by atoms with van der Waals surface area (Å²) >= 11 is 0. The molecule has 0 saturated carbocycles. The van der Waals surface area contributed by atoms with Crippen molar-refractivity contribution in [2.75, 3.05) is 12.8 Å². The van der Waals surface area contributed by atoms with Crippen molar-refractivity contribution >= 4 is 7.14 Å². The van der Waals surface area contributed by atoms with E-state index >= 15 is 0 Å². The summed E-state index contributed by atoms with van der Waals surface area (Å²) in [5, 5.41) is 0. The van der Waals surface area contributed by atoms with E-state index in [4.69, 9.17) is 4.74 Å². The Hall–Kier alpha value is 0.190. The molecule has 0 bridgehead atoms. The molecule has 2 heterocycles. The Balaban J connectivity index is 2.26. The van der Waals surface area contributed by atoms with E-state index in [2.05, 4.69) is 0 Å². The zero-order valence-corrected chi connectivity index (χ0v) is 6.60. The summed E-state index contributed by atoms with van der Waals surface area (Å²) in [5.74, 6) is 0. The summed E-state index contributed by atoms with van der Waals surface area (Å²) in [6.45, 7) is 3.94. The first-order chi connectivity index (χ1) is 4.11. The number of rotatable bonds is 0. The Kier molecular flexibility index (Phi) is 0.945. The molecule has 0 spiro atoms. The van der Waals surface area contributed by atoms with Gasteiger partial charge in [-0.3, -0.25) is 0 Å². The van der Waals surface area contributed by atoms with Crippen LogP contribution in [0.4, 0.5) is 0 Å². The standard InChI is InChI=1S/C6H11O2P/c1-4-6-5(8-6)3-9(4,2)7/h4-6H,3H2,1-2H3/t4-,5+,6+,9+/m1/s1. The van der Waals surface area contributed by atoms with E-state index in [-0.39, 0.29) is 0 Å². The van der Waals surface area contributed by atoms with Gasteiger partial charge in [0.05, 0.1) is 19.3 Å². The fourth-order valence-corrected chi connectivity index (χ4v) is 3.79. The van der Waals surface area contributed by atoms with E-state index in [0.717, 1.165) is 6.16 Å². The maximum atomic E-state index is 11.5. The Morgan fingerprint density at radius 2 is 2.33 bits per heavy atom. The highest BCUT2D eigenvalue weighted by Crippen LogP contribution is 2.61. The number of hydrogen-bond acceptors (Lipinski definition) is 2. The fourth-order valence-electron chi connectivity index (χ4n) is 1.56. The summed E-state index contributed by atoms with van der Waals surface area (Å²) < 4.78 is 16.7. The van der Waals surface area contributed by atoms with E-state index < -0.39 is 7.14 Å². The van der Waals surface area contributed by atoms with E-state index in [0.29, 0.717) is 17.9 Å². The van der Waals surface area contributed by atoms with Crippen molar-refractivity contribution < 1.29 is 9.30 Å². The van der Waals surface area contributed by atoms with Gasteiger partial charge in [-0.2, -0.15) is 0 Å². The van der Waals surface area contributed by atoms with Gasteiger partial charge in [0.15, 0.2) is 0 Å². The van der Waals surface area contributed by atoms with Crippen LogP contribution >= 0.6 is 7.14 Å². The molecule has 9 heavy (non-hydrogen) atoms. The summed E-state index contributed by atoms with van der Waals surface area (Å²) in [6.07, 6.45) is 1.57. The van der Waals surface area contributed by atoms with Crippen LogP contribution in [-0.4, -0.2) is 30.7 Å². The third-order valence-corrected chi connectivity index (χ3v) is 5.60. The molecule has 0 aromatic rings. The van der Waals surface area contributed by atoms with Crippen molar-refractivity contribution in [1.82, 2.24) is 0 Å². The number of epoxide rings is 1. The second-order valence-corrected chi connectivity index (χ2v) is 6.76. The van der Waals surface area contributed by atoms with E-state index in [1.54, 1.807) is 0 Å². The first-order valence-electron chi connectivity index (χ1n) is 3.33. The lowest BCUT2D eigenvalue weighted by molar-refractivity contribution is 0.363. The predicted molar refractivity (Wildman–Crippen MR) is 36.5 cm³/mol. The van der Waals surface area contributed by atoms with Crippen molar-refractivity contribution in [3.05, 3.63) is 0 Å². The Bertz CT molecular complexity index is 189. The van der Waals surface area contributed by atoms with Crippen LogP contribution in [0, 0.1) is 0 Å². The third-order valence-electron chi connectivity index (χ3n) is 2.50. The SMILES string of the molecule is C[C@@H]1[C@@H]2O[C@H]2C[P@]1(C)=O. The van der Waals surface area contributed by atoms with Gasteiger partial charge < -0.3 is 9.30 Å². The monoisotopic (exact) mass is 146 g/mol. The molecule has 0 aliphatic carbocycles. The average molecular weight is 146 g/mol. The van der Waals surface area contributed by atoms with Gasteiger partial charge in [-0.1, -0.05) is 6.92 Å². The molecular formula is C6H11O2P. The highest BCUT2D eigenvalue weighted by molar-refractivity contribution is 7.64. The number of fused-ring (bicyclic) bond motifs is 1. The molecule has 0 radical (unpaired) electrons. The van der Waals surface area contributed by atoms with Gasteiger partial charge in [0, 0.05) is 11.8 Å². The number of hydrogen-bond donors (Lipinski definition) is 0. The van der Waals surface area contributed by atoms with Crippen molar-refractivity contribution in [3.63, 3.8) is 0 Å². The quantitative estimate of drug-likeness (QED) is 0.379. The Morgan fingerprint density at radius 3 is 2.56 bits per heavy atom. The maximum absolute atomic E-state index is 11.5.